The second kappa shape index (κ2) is 7.21. The lowest BCUT2D eigenvalue weighted by molar-refractivity contribution is -0.226. The molecular weight excluding hydrogens is 364 g/mol. The number of rotatable bonds is 3. The van der Waals surface area contributed by atoms with Crippen molar-refractivity contribution in [2.45, 2.75) is 107 Å². The Balaban J connectivity index is 1.76. The summed E-state index contributed by atoms with van der Waals surface area (Å²) in [5, 5.41) is 0. The molecule has 4 aliphatic carbocycles. The first-order valence-electron chi connectivity index (χ1n) is 13.0. The van der Waals surface area contributed by atoms with Gasteiger partial charge in [0, 0.05) is 6.42 Å². The maximum atomic E-state index is 11.9. The summed E-state index contributed by atoms with van der Waals surface area (Å²) >= 11 is 0. The molecule has 0 aromatic carbocycles. The molecular formula is C29H48O. The van der Waals surface area contributed by atoms with Gasteiger partial charge in [0.25, 0.3) is 0 Å². The number of allylic oxidation sites excluding steroid dienone is 2. The maximum absolute atomic E-state index is 11.9. The fourth-order valence-corrected chi connectivity index (χ4v) is 10.2. The monoisotopic (exact) mass is 412 g/mol. The molecule has 0 aromatic heterocycles. The average Bonchev–Trinajstić information content (AvgIpc) is 2.66. The summed E-state index contributed by atoms with van der Waals surface area (Å²) in [6.45, 7) is 20.2. The third-order valence-corrected chi connectivity index (χ3v) is 12.2. The molecule has 0 aliphatic heterocycles. The third-order valence-electron chi connectivity index (χ3n) is 12.2. The number of carbonyl (C=O) groups excluding carboxylic acids is 1. The van der Waals surface area contributed by atoms with E-state index in [0.717, 1.165) is 24.2 Å². The number of hydrogen-bond donors (Lipinski definition) is 0. The Bertz CT molecular complexity index is 720. The van der Waals surface area contributed by atoms with Gasteiger partial charge in [0.05, 0.1) is 0 Å². The minimum atomic E-state index is 0.172. The standard InChI is InChI=1S/C29H48O/c1-19(2)22-12-14-29(8)24(27(22,6)17-18-30)10-9-23-25-21(4)20(3)11-13-26(25,5)15-16-28(23,29)7/h11,18-19,21-25H,9-10,12-17H2,1-8H3/t21-,22-,23+,24+,25-,26+,27-,28+,29+/m0/s1. The molecule has 0 spiro atoms. The smallest absolute Gasteiger partial charge is 0.120 e. The van der Waals surface area contributed by atoms with E-state index in [2.05, 4.69) is 61.5 Å². The molecule has 30 heavy (non-hydrogen) atoms. The van der Waals surface area contributed by atoms with E-state index >= 15 is 0 Å². The Morgan fingerprint density at radius 2 is 1.73 bits per heavy atom. The number of carbonyl (C=O) groups is 1. The lowest BCUT2D eigenvalue weighted by Gasteiger charge is -2.72. The van der Waals surface area contributed by atoms with Crippen LogP contribution in [-0.4, -0.2) is 6.29 Å². The zero-order valence-electron chi connectivity index (χ0n) is 21.2. The van der Waals surface area contributed by atoms with Gasteiger partial charge >= 0.3 is 0 Å². The van der Waals surface area contributed by atoms with Crippen molar-refractivity contribution in [1.29, 1.82) is 0 Å². The Morgan fingerprint density at radius 3 is 2.37 bits per heavy atom. The molecule has 0 heterocycles. The van der Waals surface area contributed by atoms with Crippen LogP contribution in [0.2, 0.25) is 0 Å². The van der Waals surface area contributed by atoms with Gasteiger partial charge in [-0.3, -0.25) is 0 Å². The van der Waals surface area contributed by atoms with Crippen molar-refractivity contribution in [3.05, 3.63) is 11.6 Å². The number of hydrogen-bond acceptors (Lipinski definition) is 1. The Morgan fingerprint density at radius 1 is 1.03 bits per heavy atom. The lowest BCUT2D eigenvalue weighted by atomic mass is 9.33. The molecule has 0 saturated heterocycles. The van der Waals surface area contributed by atoms with Gasteiger partial charge in [-0.05, 0) is 109 Å². The fraction of sp³-hybridized carbons (Fsp3) is 0.897. The Kier molecular flexibility index (Phi) is 5.43. The van der Waals surface area contributed by atoms with Crippen molar-refractivity contribution in [2.75, 3.05) is 0 Å². The van der Waals surface area contributed by atoms with Crippen molar-refractivity contribution >= 4 is 6.29 Å². The molecule has 1 nitrogen and oxygen atoms in total. The predicted molar refractivity (Wildman–Crippen MR) is 127 cm³/mol. The van der Waals surface area contributed by atoms with Crippen molar-refractivity contribution in [3.63, 3.8) is 0 Å². The second-order valence-electron chi connectivity index (χ2n) is 13.5. The molecule has 4 rings (SSSR count). The summed E-state index contributed by atoms with van der Waals surface area (Å²) < 4.78 is 0. The highest BCUT2D eigenvalue weighted by Gasteiger charge is 2.67. The highest BCUT2D eigenvalue weighted by molar-refractivity contribution is 5.51. The molecule has 4 aliphatic rings. The molecule has 0 bridgehead atoms. The van der Waals surface area contributed by atoms with Crippen LogP contribution in [0.4, 0.5) is 0 Å². The minimum absolute atomic E-state index is 0.172. The average molecular weight is 413 g/mol. The van der Waals surface area contributed by atoms with Crippen molar-refractivity contribution in [1.82, 2.24) is 0 Å². The summed E-state index contributed by atoms with van der Waals surface area (Å²) in [5.41, 5.74) is 3.09. The molecule has 3 fully saturated rings. The van der Waals surface area contributed by atoms with Gasteiger partial charge in [-0.2, -0.15) is 0 Å². The van der Waals surface area contributed by atoms with Crippen LogP contribution in [-0.2, 0) is 4.79 Å². The topological polar surface area (TPSA) is 17.1 Å². The second-order valence-corrected chi connectivity index (χ2v) is 13.5. The lowest BCUT2D eigenvalue weighted by Crippen LogP contribution is -2.65. The molecule has 0 amide bonds. The molecule has 1 heteroatoms. The number of fused-ring (bicyclic) bond motifs is 5. The maximum Gasteiger partial charge on any atom is 0.120 e. The van der Waals surface area contributed by atoms with Crippen LogP contribution in [0.15, 0.2) is 11.6 Å². The minimum Gasteiger partial charge on any atom is -0.303 e. The van der Waals surface area contributed by atoms with Gasteiger partial charge in [0.1, 0.15) is 6.29 Å². The van der Waals surface area contributed by atoms with E-state index < -0.39 is 0 Å². The van der Waals surface area contributed by atoms with Crippen LogP contribution < -0.4 is 0 Å². The fourth-order valence-electron chi connectivity index (χ4n) is 10.2. The van der Waals surface area contributed by atoms with Crippen LogP contribution in [0.3, 0.4) is 0 Å². The van der Waals surface area contributed by atoms with Crippen LogP contribution in [0.1, 0.15) is 107 Å². The van der Waals surface area contributed by atoms with Gasteiger partial charge in [-0.25, -0.2) is 0 Å². The van der Waals surface area contributed by atoms with E-state index in [1.165, 1.54) is 51.2 Å². The van der Waals surface area contributed by atoms with E-state index in [1.807, 2.05) is 0 Å². The van der Waals surface area contributed by atoms with Gasteiger partial charge in [0.15, 0.2) is 0 Å². The Labute approximate surface area is 186 Å². The molecule has 0 radical (unpaired) electrons. The van der Waals surface area contributed by atoms with E-state index in [1.54, 1.807) is 5.57 Å². The molecule has 9 atom stereocenters. The Hall–Kier alpha value is -0.590. The van der Waals surface area contributed by atoms with Gasteiger partial charge in [0.2, 0.25) is 0 Å². The molecule has 3 saturated carbocycles. The van der Waals surface area contributed by atoms with Crippen molar-refractivity contribution in [3.8, 4) is 0 Å². The van der Waals surface area contributed by atoms with Gasteiger partial charge in [-0.15, -0.1) is 0 Å². The third kappa shape index (κ3) is 2.82. The molecule has 0 unspecified atom stereocenters. The summed E-state index contributed by atoms with van der Waals surface area (Å²) in [7, 11) is 0. The molecule has 0 aromatic rings. The molecule has 0 N–H and O–H groups in total. The first-order valence-corrected chi connectivity index (χ1v) is 13.0. The first-order chi connectivity index (χ1) is 13.9. The highest BCUT2D eigenvalue weighted by atomic mass is 16.1. The van der Waals surface area contributed by atoms with Crippen molar-refractivity contribution < 1.29 is 4.79 Å². The van der Waals surface area contributed by atoms with Gasteiger partial charge < -0.3 is 4.79 Å². The van der Waals surface area contributed by atoms with E-state index in [9.17, 15) is 4.79 Å². The first kappa shape index (κ1) is 22.6. The number of aldehydes is 1. The summed E-state index contributed by atoms with van der Waals surface area (Å²) in [6.07, 6.45) is 14.1. The summed E-state index contributed by atoms with van der Waals surface area (Å²) in [5.74, 6) is 4.45. The van der Waals surface area contributed by atoms with Crippen LogP contribution in [0, 0.1) is 57.2 Å². The van der Waals surface area contributed by atoms with Crippen LogP contribution in [0.5, 0.6) is 0 Å². The molecule has 170 valence electrons. The normalized spacial score (nSPS) is 53.4. The van der Waals surface area contributed by atoms with Crippen LogP contribution in [0.25, 0.3) is 0 Å². The van der Waals surface area contributed by atoms with Gasteiger partial charge in [-0.1, -0.05) is 60.1 Å². The van der Waals surface area contributed by atoms with E-state index in [4.69, 9.17) is 0 Å². The zero-order valence-corrected chi connectivity index (χ0v) is 21.2. The highest BCUT2D eigenvalue weighted by Crippen LogP contribution is 2.75. The zero-order chi connectivity index (χ0) is 22.1. The largest absolute Gasteiger partial charge is 0.303 e. The SMILES string of the molecule is CC1=CC[C@]2(C)CC[C@]3(C)[C@H](CC[C@@H]4[C@@](C)(CC=O)[C@H](C(C)C)CC[C@]43C)[C@@H]2[C@H]1C. The predicted octanol–water partition coefficient (Wildman–Crippen LogP) is 8.09. The van der Waals surface area contributed by atoms with Crippen LogP contribution >= 0.6 is 0 Å². The van der Waals surface area contributed by atoms with E-state index in [-0.39, 0.29) is 5.41 Å². The van der Waals surface area contributed by atoms with Crippen molar-refractivity contribution in [2.24, 2.45) is 57.2 Å². The van der Waals surface area contributed by atoms with E-state index in [0.29, 0.717) is 34.0 Å². The quantitative estimate of drug-likeness (QED) is 0.338. The summed E-state index contributed by atoms with van der Waals surface area (Å²) in [4.78, 5) is 11.9. The summed E-state index contributed by atoms with van der Waals surface area (Å²) in [6, 6.07) is 0.